The third-order valence-electron chi connectivity index (χ3n) is 5.06. The Hall–Kier alpha value is -2.31. The van der Waals surface area contributed by atoms with Gasteiger partial charge in [0.2, 0.25) is 5.91 Å². The molecule has 0 radical (unpaired) electrons. The molecule has 0 heterocycles. The third kappa shape index (κ3) is 7.38. The Morgan fingerprint density at radius 3 is 1.66 bits per heavy atom. The van der Waals surface area contributed by atoms with Crippen molar-refractivity contribution in [2.75, 3.05) is 6.16 Å². The zero-order valence-corrected chi connectivity index (χ0v) is 19.0. The van der Waals surface area contributed by atoms with Crippen LogP contribution in [0, 0.1) is 0 Å². The lowest BCUT2D eigenvalue weighted by Crippen LogP contribution is -2.50. The van der Waals surface area contributed by atoms with Crippen molar-refractivity contribution in [3.05, 3.63) is 70.8 Å². The molecule has 3 atom stereocenters. The molecule has 0 aliphatic heterocycles. The van der Waals surface area contributed by atoms with Crippen LogP contribution in [0.15, 0.2) is 48.5 Å². The van der Waals surface area contributed by atoms with Gasteiger partial charge >= 0.3 is 0 Å². The first-order chi connectivity index (χ1) is 14.8. The fraction of sp³-hybridized carbons (Fsp3) is 0.391. The van der Waals surface area contributed by atoms with E-state index in [1.807, 2.05) is 0 Å². The molecule has 0 saturated carbocycles. The van der Waals surface area contributed by atoms with Crippen molar-refractivity contribution in [1.29, 1.82) is 0 Å². The van der Waals surface area contributed by atoms with Crippen molar-refractivity contribution in [2.24, 2.45) is 5.73 Å². The molecule has 1 unspecified atom stereocenters. The molecular weight excluding hydrogens is 443 g/mol. The van der Waals surface area contributed by atoms with Crippen LogP contribution in [0.25, 0.3) is 0 Å². The summed E-state index contributed by atoms with van der Waals surface area (Å²) in [7, 11) is 2.29. The molecule has 3 N–H and O–H groups in total. The lowest BCUT2D eigenvalue weighted by atomic mass is 9.99. The average molecular weight is 470 g/mol. The molecule has 2 rings (SSSR count). The number of rotatable bonds is 10. The Morgan fingerprint density at radius 1 is 0.875 bits per heavy atom. The Morgan fingerprint density at radius 2 is 1.28 bits per heavy atom. The van der Waals surface area contributed by atoms with E-state index in [4.69, 9.17) is 5.73 Å². The molecule has 0 aromatic heterocycles. The van der Waals surface area contributed by atoms with Crippen LogP contribution in [0.3, 0.4) is 0 Å². The number of carbonyl (C=O) groups is 2. The summed E-state index contributed by atoms with van der Waals surface area (Å²) in [5.41, 5.74) is 6.89. The molecule has 0 fully saturated rings. The van der Waals surface area contributed by atoms with E-state index < -0.39 is 29.8 Å². The molecule has 0 spiro atoms. The average Bonchev–Trinajstić information content (AvgIpc) is 2.72. The normalized spacial score (nSPS) is 14.0. The second-order valence-electron chi connectivity index (χ2n) is 7.92. The highest BCUT2D eigenvalue weighted by Gasteiger charge is 2.26. The van der Waals surface area contributed by atoms with Gasteiger partial charge in [-0.15, -0.1) is 9.24 Å². The third-order valence-corrected chi connectivity index (χ3v) is 5.46. The van der Waals surface area contributed by atoms with Gasteiger partial charge < -0.3 is 11.1 Å². The van der Waals surface area contributed by atoms with E-state index in [0.29, 0.717) is 11.1 Å². The first-order valence-electron chi connectivity index (χ1n) is 10.0. The molecule has 174 valence electrons. The van der Waals surface area contributed by atoms with Crippen molar-refractivity contribution in [3.63, 3.8) is 0 Å². The monoisotopic (exact) mass is 470 g/mol. The Bertz CT molecular complexity index is 923. The first-order valence-corrected chi connectivity index (χ1v) is 10.9. The summed E-state index contributed by atoms with van der Waals surface area (Å²) < 4.78 is 53.4. The summed E-state index contributed by atoms with van der Waals surface area (Å²) >= 11 is 0. The molecule has 1 amide bonds. The van der Waals surface area contributed by atoms with Crippen LogP contribution in [-0.4, -0.2) is 29.9 Å². The topological polar surface area (TPSA) is 72.2 Å². The Labute approximate surface area is 187 Å². The number of halogens is 4. The highest BCUT2D eigenvalue weighted by molar-refractivity contribution is 7.18. The molecule has 0 aliphatic rings. The predicted molar refractivity (Wildman–Crippen MR) is 119 cm³/mol. The van der Waals surface area contributed by atoms with E-state index in [-0.39, 0.29) is 35.9 Å². The van der Waals surface area contributed by atoms with Crippen LogP contribution in [0.1, 0.15) is 36.1 Å². The van der Waals surface area contributed by atoms with E-state index in [0.717, 1.165) is 13.8 Å². The van der Waals surface area contributed by atoms with Crippen LogP contribution < -0.4 is 11.1 Å². The van der Waals surface area contributed by atoms with E-state index >= 15 is 0 Å². The van der Waals surface area contributed by atoms with Gasteiger partial charge in [0, 0.05) is 31.1 Å². The quantitative estimate of drug-likeness (QED) is 0.408. The Balaban J connectivity index is 2.04. The van der Waals surface area contributed by atoms with Crippen LogP contribution >= 0.6 is 9.24 Å². The zero-order chi connectivity index (χ0) is 24.1. The standard InChI is InChI=1S/C23H27F4N2O2P/c1-22(24,25)16-7-3-14(4-8-16)11-18(28)21(31)29-19(20(30)13-32)12-15-5-9-17(10-6-15)23(2,26)27/h3-10,18-19H,11-13,28,32H2,1-2H3,(H,29,31)/t18-,19-/m0/s1. The zero-order valence-electron chi connectivity index (χ0n) is 17.9. The van der Waals surface area contributed by atoms with Crippen molar-refractivity contribution < 1.29 is 27.2 Å². The SMILES string of the molecule is CC(F)(F)c1ccc(C[C@H](NC(=O)[C@@H](N)Cc2ccc(C(C)(F)F)cc2)C(=O)CP)cc1. The van der Waals surface area contributed by atoms with Gasteiger partial charge in [0.05, 0.1) is 12.1 Å². The van der Waals surface area contributed by atoms with Gasteiger partial charge in [-0.25, -0.2) is 17.6 Å². The summed E-state index contributed by atoms with van der Waals surface area (Å²) in [5, 5.41) is 2.62. The second kappa shape index (κ2) is 10.5. The van der Waals surface area contributed by atoms with E-state index in [9.17, 15) is 27.2 Å². The molecule has 0 saturated heterocycles. The molecule has 0 bridgehead atoms. The van der Waals surface area contributed by atoms with Crippen LogP contribution in [-0.2, 0) is 34.3 Å². The largest absolute Gasteiger partial charge is 0.345 e. The number of alkyl halides is 4. The summed E-state index contributed by atoms with van der Waals surface area (Å²) in [6.45, 7) is 1.59. The van der Waals surface area contributed by atoms with Crippen LogP contribution in [0.2, 0.25) is 0 Å². The van der Waals surface area contributed by atoms with Crippen molar-refractivity contribution in [3.8, 4) is 0 Å². The number of Topliss-reactive ketones (excluding diaryl/α,β-unsaturated/α-hetero) is 1. The number of carbonyl (C=O) groups excluding carboxylic acids is 2. The van der Waals surface area contributed by atoms with Gasteiger partial charge in [-0.2, -0.15) is 0 Å². The van der Waals surface area contributed by atoms with Gasteiger partial charge in [0.1, 0.15) is 0 Å². The molecule has 2 aromatic rings. The summed E-state index contributed by atoms with van der Waals surface area (Å²) in [6, 6.07) is 9.22. The smallest absolute Gasteiger partial charge is 0.270 e. The minimum atomic E-state index is -2.97. The van der Waals surface area contributed by atoms with Gasteiger partial charge in [0.25, 0.3) is 11.8 Å². The second-order valence-corrected chi connectivity index (χ2v) is 8.33. The minimum absolute atomic E-state index is 0.0952. The molecule has 4 nitrogen and oxygen atoms in total. The minimum Gasteiger partial charge on any atom is -0.345 e. The van der Waals surface area contributed by atoms with Gasteiger partial charge in [0.15, 0.2) is 5.78 Å². The number of nitrogens with one attached hydrogen (secondary N) is 1. The van der Waals surface area contributed by atoms with E-state index in [1.165, 1.54) is 48.5 Å². The molecular formula is C23H27F4N2O2P. The summed E-state index contributed by atoms with van der Waals surface area (Å²) in [6.07, 6.45) is 0.322. The number of ketones is 1. The maximum absolute atomic E-state index is 13.4. The fourth-order valence-electron chi connectivity index (χ4n) is 3.12. The van der Waals surface area contributed by atoms with Crippen molar-refractivity contribution in [2.45, 2.75) is 50.6 Å². The molecule has 2 aromatic carbocycles. The van der Waals surface area contributed by atoms with E-state index in [1.54, 1.807) is 0 Å². The van der Waals surface area contributed by atoms with Gasteiger partial charge in [-0.1, -0.05) is 48.5 Å². The highest BCUT2D eigenvalue weighted by atomic mass is 31.0. The number of amides is 1. The summed E-state index contributed by atoms with van der Waals surface area (Å²) in [4.78, 5) is 24.9. The van der Waals surface area contributed by atoms with Crippen LogP contribution in [0.4, 0.5) is 17.6 Å². The van der Waals surface area contributed by atoms with Crippen LogP contribution in [0.5, 0.6) is 0 Å². The number of nitrogens with two attached hydrogens (primary N) is 1. The van der Waals surface area contributed by atoms with Gasteiger partial charge in [-0.05, 0) is 24.0 Å². The first kappa shape index (κ1) is 25.9. The lowest BCUT2D eigenvalue weighted by Gasteiger charge is -2.20. The Kier molecular flexibility index (Phi) is 8.54. The number of hydrogen-bond donors (Lipinski definition) is 2. The van der Waals surface area contributed by atoms with Gasteiger partial charge in [-0.3, -0.25) is 9.59 Å². The number of hydrogen-bond acceptors (Lipinski definition) is 3. The molecule has 9 heteroatoms. The lowest BCUT2D eigenvalue weighted by molar-refractivity contribution is -0.127. The summed E-state index contributed by atoms with van der Waals surface area (Å²) in [5.74, 6) is -6.76. The molecule has 32 heavy (non-hydrogen) atoms. The maximum atomic E-state index is 13.4. The fourth-order valence-corrected chi connectivity index (χ4v) is 3.40. The highest BCUT2D eigenvalue weighted by Crippen LogP contribution is 2.28. The molecule has 0 aliphatic carbocycles. The number of benzene rings is 2. The van der Waals surface area contributed by atoms with E-state index in [2.05, 4.69) is 14.6 Å². The van der Waals surface area contributed by atoms with Crippen molar-refractivity contribution >= 4 is 20.9 Å². The van der Waals surface area contributed by atoms with Crippen molar-refractivity contribution in [1.82, 2.24) is 5.32 Å². The predicted octanol–water partition coefficient (Wildman–Crippen LogP) is 3.95. The maximum Gasteiger partial charge on any atom is 0.270 e.